The molecular formula is C23H28F3NO2. The van der Waals surface area contributed by atoms with Crippen LogP contribution in [0.2, 0.25) is 0 Å². The van der Waals surface area contributed by atoms with Crippen LogP contribution in [0.25, 0.3) is 0 Å². The van der Waals surface area contributed by atoms with E-state index in [4.69, 9.17) is 4.74 Å². The predicted molar refractivity (Wildman–Crippen MR) is 108 cm³/mol. The molecule has 1 N–H and O–H groups in total. The third-order valence-electron chi connectivity index (χ3n) is 4.64. The Bertz CT molecular complexity index is 774. The average Bonchev–Trinajstić information content (AvgIpc) is 2.67. The summed E-state index contributed by atoms with van der Waals surface area (Å²) < 4.78 is 43.0. The van der Waals surface area contributed by atoms with Gasteiger partial charge in [0.2, 0.25) is 0 Å². The molecule has 0 radical (unpaired) electrons. The van der Waals surface area contributed by atoms with Gasteiger partial charge in [-0.15, -0.1) is 0 Å². The van der Waals surface area contributed by atoms with Crippen molar-refractivity contribution in [2.24, 2.45) is 0 Å². The largest absolute Gasteiger partial charge is 0.466 e. The summed E-state index contributed by atoms with van der Waals surface area (Å²) in [6.45, 7) is 4.44. The number of ether oxygens (including phenoxy) is 1. The SMILES string of the molecule is CCOC(=O)C/C(C)=C/C(=C\NCc1ccc(C(F)(F)F)cc1)C1=CCCCC1. The van der Waals surface area contributed by atoms with Crippen molar-refractivity contribution in [1.82, 2.24) is 5.32 Å². The fourth-order valence-corrected chi connectivity index (χ4v) is 3.17. The van der Waals surface area contributed by atoms with Gasteiger partial charge in [-0.25, -0.2) is 0 Å². The summed E-state index contributed by atoms with van der Waals surface area (Å²) in [5, 5.41) is 3.20. The Morgan fingerprint density at radius 2 is 1.93 bits per heavy atom. The van der Waals surface area contributed by atoms with E-state index in [-0.39, 0.29) is 12.4 Å². The minimum absolute atomic E-state index is 0.233. The van der Waals surface area contributed by atoms with Gasteiger partial charge in [-0.05, 0) is 68.4 Å². The molecule has 6 heteroatoms. The van der Waals surface area contributed by atoms with E-state index in [9.17, 15) is 18.0 Å². The maximum absolute atomic E-state index is 12.7. The van der Waals surface area contributed by atoms with Crippen molar-refractivity contribution in [2.75, 3.05) is 6.61 Å². The molecule has 1 aromatic carbocycles. The maximum atomic E-state index is 12.7. The Morgan fingerprint density at radius 3 is 2.52 bits per heavy atom. The molecule has 0 heterocycles. The van der Waals surface area contributed by atoms with Crippen molar-refractivity contribution in [2.45, 2.75) is 58.7 Å². The molecule has 0 bridgehead atoms. The van der Waals surface area contributed by atoms with Gasteiger partial charge in [0.25, 0.3) is 0 Å². The zero-order valence-electron chi connectivity index (χ0n) is 16.9. The number of halogens is 3. The number of hydrogen-bond donors (Lipinski definition) is 1. The molecule has 0 aromatic heterocycles. The highest BCUT2D eigenvalue weighted by atomic mass is 19.4. The quantitative estimate of drug-likeness (QED) is 0.419. The summed E-state index contributed by atoms with van der Waals surface area (Å²) in [5.74, 6) is -0.254. The van der Waals surface area contributed by atoms with E-state index in [0.717, 1.165) is 48.1 Å². The topological polar surface area (TPSA) is 38.3 Å². The lowest BCUT2D eigenvalue weighted by atomic mass is 9.92. The Balaban J connectivity index is 2.09. The van der Waals surface area contributed by atoms with Crippen LogP contribution in [0.3, 0.4) is 0 Å². The standard InChI is InChI=1S/C23H28F3NO2/c1-3-29-22(28)14-17(2)13-20(19-7-5-4-6-8-19)16-27-15-18-9-11-21(12-10-18)23(24,25)26/h7,9-13,16,27H,3-6,8,14-15H2,1-2H3/b17-13+,20-16+. The third-order valence-corrected chi connectivity index (χ3v) is 4.64. The molecule has 0 fully saturated rings. The third kappa shape index (κ3) is 7.80. The number of rotatable bonds is 8. The predicted octanol–water partition coefficient (Wildman–Crippen LogP) is 6.08. The lowest BCUT2D eigenvalue weighted by molar-refractivity contribution is -0.142. The van der Waals surface area contributed by atoms with Crippen molar-refractivity contribution >= 4 is 5.97 Å². The first-order chi connectivity index (χ1) is 13.8. The second kappa shape index (κ2) is 10.9. The Morgan fingerprint density at radius 1 is 1.21 bits per heavy atom. The van der Waals surface area contributed by atoms with E-state index < -0.39 is 11.7 Å². The van der Waals surface area contributed by atoms with E-state index >= 15 is 0 Å². The van der Waals surface area contributed by atoms with Gasteiger partial charge in [0.1, 0.15) is 0 Å². The maximum Gasteiger partial charge on any atom is 0.416 e. The number of benzene rings is 1. The number of carbonyl (C=O) groups is 1. The van der Waals surface area contributed by atoms with Gasteiger partial charge in [-0.3, -0.25) is 4.79 Å². The number of nitrogens with one attached hydrogen (secondary N) is 1. The average molecular weight is 407 g/mol. The lowest BCUT2D eigenvalue weighted by Gasteiger charge is -2.15. The van der Waals surface area contributed by atoms with Crippen LogP contribution in [-0.2, 0) is 22.3 Å². The normalized spacial score (nSPS) is 15.7. The van der Waals surface area contributed by atoms with Crippen molar-refractivity contribution in [3.05, 3.63) is 70.5 Å². The minimum atomic E-state index is -4.33. The van der Waals surface area contributed by atoms with E-state index in [1.165, 1.54) is 24.1 Å². The monoisotopic (exact) mass is 407 g/mol. The fourth-order valence-electron chi connectivity index (χ4n) is 3.17. The molecule has 0 spiro atoms. The van der Waals surface area contributed by atoms with Crippen LogP contribution in [0.4, 0.5) is 13.2 Å². The van der Waals surface area contributed by atoms with Gasteiger partial charge >= 0.3 is 12.1 Å². The summed E-state index contributed by atoms with van der Waals surface area (Å²) in [6.07, 6.45) is 6.26. The number of carbonyl (C=O) groups excluding carboxylic acids is 1. The zero-order valence-corrected chi connectivity index (χ0v) is 16.9. The van der Waals surface area contributed by atoms with E-state index in [2.05, 4.69) is 11.4 Å². The van der Waals surface area contributed by atoms with Crippen molar-refractivity contribution in [1.29, 1.82) is 0 Å². The highest BCUT2D eigenvalue weighted by Gasteiger charge is 2.29. The summed E-state index contributed by atoms with van der Waals surface area (Å²) in [5.41, 5.74) is 3.23. The first-order valence-electron chi connectivity index (χ1n) is 9.91. The molecule has 0 unspecified atom stereocenters. The van der Waals surface area contributed by atoms with Gasteiger partial charge in [0.05, 0.1) is 18.6 Å². The molecule has 1 aromatic rings. The van der Waals surface area contributed by atoms with Crippen LogP contribution in [0.1, 0.15) is 57.1 Å². The highest BCUT2D eigenvalue weighted by Crippen LogP contribution is 2.29. The molecule has 1 aliphatic rings. The molecule has 0 atom stereocenters. The molecule has 29 heavy (non-hydrogen) atoms. The first-order valence-corrected chi connectivity index (χ1v) is 9.91. The molecule has 1 aliphatic carbocycles. The van der Waals surface area contributed by atoms with Gasteiger partial charge in [-0.2, -0.15) is 13.2 Å². The zero-order chi connectivity index (χ0) is 21.3. The molecular weight excluding hydrogens is 379 g/mol. The summed E-state index contributed by atoms with van der Waals surface area (Å²) in [7, 11) is 0. The Labute approximate surface area is 170 Å². The highest BCUT2D eigenvalue weighted by molar-refractivity contribution is 5.72. The molecule has 0 aliphatic heterocycles. The van der Waals surface area contributed by atoms with Crippen molar-refractivity contribution in [3.63, 3.8) is 0 Å². The summed E-state index contributed by atoms with van der Waals surface area (Å²) in [4.78, 5) is 11.7. The van der Waals surface area contributed by atoms with Crippen molar-refractivity contribution < 1.29 is 22.7 Å². The molecule has 158 valence electrons. The van der Waals surface area contributed by atoms with Crippen LogP contribution >= 0.6 is 0 Å². The number of esters is 1. The first kappa shape index (κ1) is 22.8. The van der Waals surface area contributed by atoms with Crippen LogP contribution in [-0.4, -0.2) is 12.6 Å². The van der Waals surface area contributed by atoms with Gasteiger partial charge < -0.3 is 10.1 Å². The van der Waals surface area contributed by atoms with Crippen LogP contribution in [0, 0.1) is 0 Å². The second-order valence-corrected chi connectivity index (χ2v) is 7.12. The lowest BCUT2D eigenvalue weighted by Crippen LogP contribution is -2.09. The second-order valence-electron chi connectivity index (χ2n) is 7.12. The number of hydrogen-bond acceptors (Lipinski definition) is 3. The number of allylic oxidation sites excluding steroid dienone is 4. The molecule has 0 saturated carbocycles. The minimum Gasteiger partial charge on any atom is -0.466 e. The summed E-state index contributed by atoms with van der Waals surface area (Å²) >= 11 is 0. The fraction of sp³-hybridized carbons (Fsp3) is 0.435. The van der Waals surface area contributed by atoms with Gasteiger partial charge in [0, 0.05) is 12.7 Å². The van der Waals surface area contributed by atoms with Crippen molar-refractivity contribution in [3.8, 4) is 0 Å². The van der Waals surface area contributed by atoms with E-state index in [1.807, 2.05) is 19.2 Å². The Kier molecular flexibility index (Phi) is 8.55. The summed E-state index contributed by atoms with van der Waals surface area (Å²) in [6, 6.07) is 5.14. The molecule has 3 nitrogen and oxygen atoms in total. The van der Waals surface area contributed by atoms with Gasteiger partial charge in [-0.1, -0.05) is 29.9 Å². The number of alkyl halides is 3. The van der Waals surface area contributed by atoms with E-state index in [0.29, 0.717) is 13.2 Å². The molecule has 0 saturated heterocycles. The Hall–Kier alpha value is -2.50. The van der Waals surface area contributed by atoms with Crippen LogP contribution in [0.15, 0.2) is 59.3 Å². The molecule has 0 amide bonds. The van der Waals surface area contributed by atoms with Gasteiger partial charge in [0.15, 0.2) is 0 Å². The van der Waals surface area contributed by atoms with Crippen LogP contribution in [0.5, 0.6) is 0 Å². The van der Waals surface area contributed by atoms with E-state index in [1.54, 1.807) is 6.92 Å². The van der Waals surface area contributed by atoms with Crippen LogP contribution < -0.4 is 5.32 Å². The molecule has 2 rings (SSSR count). The smallest absolute Gasteiger partial charge is 0.416 e.